The van der Waals surface area contributed by atoms with Crippen molar-refractivity contribution < 1.29 is 9.47 Å². The molecule has 7 nitrogen and oxygen atoms in total. The summed E-state index contributed by atoms with van der Waals surface area (Å²) in [7, 11) is 1.78. The van der Waals surface area contributed by atoms with Crippen molar-refractivity contribution in [1.29, 1.82) is 0 Å². The first-order valence-electron chi connectivity index (χ1n) is 10.3. The molecule has 0 bridgehead atoms. The van der Waals surface area contributed by atoms with Gasteiger partial charge in [-0.3, -0.25) is 9.67 Å². The predicted octanol–water partition coefficient (Wildman–Crippen LogP) is 2.98. The number of rotatable bonds is 11. The number of nitrogens with zero attached hydrogens (tertiary/aromatic N) is 3. The summed E-state index contributed by atoms with van der Waals surface area (Å²) in [6.07, 6.45) is 0.971. The summed E-state index contributed by atoms with van der Waals surface area (Å²) in [5, 5.41) is 11.2. The van der Waals surface area contributed by atoms with E-state index in [2.05, 4.69) is 58.8 Å². The molecule has 0 radical (unpaired) electrons. The molecule has 160 valence electrons. The molecule has 2 rings (SSSR count). The van der Waals surface area contributed by atoms with E-state index in [-0.39, 0.29) is 0 Å². The van der Waals surface area contributed by atoms with Crippen LogP contribution in [0.2, 0.25) is 0 Å². The Hall–Kier alpha value is -2.54. The van der Waals surface area contributed by atoms with E-state index in [1.165, 1.54) is 11.3 Å². The van der Waals surface area contributed by atoms with Crippen LogP contribution in [-0.4, -0.2) is 49.2 Å². The summed E-state index contributed by atoms with van der Waals surface area (Å²) in [6, 6.07) is 8.35. The highest BCUT2D eigenvalue weighted by atomic mass is 16.5. The fourth-order valence-corrected chi connectivity index (χ4v) is 3.03. The molecule has 0 amide bonds. The van der Waals surface area contributed by atoms with Crippen LogP contribution in [0.3, 0.4) is 0 Å². The molecule has 1 aromatic heterocycles. The molecular weight excluding hydrogens is 366 g/mol. The van der Waals surface area contributed by atoms with Gasteiger partial charge in [-0.2, -0.15) is 5.10 Å². The number of hydrogen-bond acceptors (Lipinski definition) is 4. The third-order valence-electron chi connectivity index (χ3n) is 4.52. The summed E-state index contributed by atoms with van der Waals surface area (Å²) in [6.45, 7) is 12.3. The van der Waals surface area contributed by atoms with Crippen molar-refractivity contribution in [3.05, 3.63) is 46.8 Å². The molecule has 0 atom stereocenters. The number of aliphatic imine (C=N–C) groups is 1. The number of benzene rings is 1. The van der Waals surface area contributed by atoms with E-state index in [0.29, 0.717) is 26.4 Å². The zero-order valence-corrected chi connectivity index (χ0v) is 18.4. The summed E-state index contributed by atoms with van der Waals surface area (Å²) in [4.78, 5) is 4.31. The average molecular weight is 402 g/mol. The lowest BCUT2D eigenvalue weighted by Crippen LogP contribution is -2.37. The van der Waals surface area contributed by atoms with Gasteiger partial charge in [-0.25, -0.2) is 0 Å². The van der Waals surface area contributed by atoms with E-state index >= 15 is 0 Å². The minimum atomic E-state index is 0.545. The highest BCUT2D eigenvalue weighted by Crippen LogP contribution is 2.20. The molecule has 2 aromatic rings. The molecule has 1 aromatic carbocycles. The lowest BCUT2D eigenvalue weighted by molar-refractivity contribution is 0.110. The Morgan fingerprint density at radius 2 is 1.97 bits per heavy atom. The maximum absolute atomic E-state index is 5.91. The summed E-state index contributed by atoms with van der Waals surface area (Å²) < 4.78 is 13.3. The van der Waals surface area contributed by atoms with Crippen LogP contribution in [0, 0.1) is 20.8 Å². The topological polar surface area (TPSA) is 72.7 Å². The van der Waals surface area contributed by atoms with E-state index in [9.17, 15) is 0 Å². The number of aromatic nitrogens is 2. The molecule has 0 saturated carbocycles. The van der Waals surface area contributed by atoms with Gasteiger partial charge in [0, 0.05) is 44.5 Å². The Morgan fingerprint density at radius 3 is 2.66 bits per heavy atom. The van der Waals surface area contributed by atoms with Crippen LogP contribution in [-0.2, 0) is 17.8 Å². The van der Waals surface area contributed by atoms with E-state index in [1.807, 2.05) is 18.5 Å². The largest absolute Gasteiger partial charge is 0.491 e. The Balaban J connectivity index is 1.80. The van der Waals surface area contributed by atoms with Crippen molar-refractivity contribution in [2.45, 2.75) is 47.2 Å². The molecule has 0 unspecified atom stereocenters. The Kier molecular flexibility index (Phi) is 9.50. The zero-order chi connectivity index (χ0) is 21.1. The molecule has 2 N–H and O–H groups in total. The number of hydrogen-bond donors (Lipinski definition) is 2. The standard InChI is InChI=1S/C22H35N5O2/c1-6-28-12-13-29-21-14-17(2)8-9-20(21)16-25-22(23-5)24-10-7-11-27-19(4)15-18(3)26-27/h8-9,14-15H,6-7,10-13,16H2,1-5H3,(H2,23,24,25). The number of ether oxygens (including phenoxy) is 2. The van der Waals surface area contributed by atoms with Gasteiger partial charge in [-0.15, -0.1) is 0 Å². The molecule has 0 saturated heterocycles. The first-order valence-corrected chi connectivity index (χ1v) is 10.3. The van der Waals surface area contributed by atoms with Gasteiger partial charge in [0.25, 0.3) is 0 Å². The smallest absolute Gasteiger partial charge is 0.191 e. The van der Waals surface area contributed by atoms with Crippen molar-refractivity contribution in [3.63, 3.8) is 0 Å². The second kappa shape index (κ2) is 12.1. The summed E-state index contributed by atoms with van der Waals surface area (Å²) in [5.41, 5.74) is 4.52. The van der Waals surface area contributed by atoms with E-state index in [1.54, 1.807) is 7.05 Å². The lowest BCUT2D eigenvalue weighted by Gasteiger charge is -2.15. The zero-order valence-electron chi connectivity index (χ0n) is 18.4. The van der Waals surface area contributed by atoms with Crippen LogP contribution in [0.15, 0.2) is 29.3 Å². The summed E-state index contributed by atoms with van der Waals surface area (Å²) in [5.74, 6) is 1.66. The molecule has 0 spiro atoms. The first kappa shape index (κ1) is 22.7. The van der Waals surface area contributed by atoms with Gasteiger partial charge in [-0.1, -0.05) is 12.1 Å². The molecule has 29 heavy (non-hydrogen) atoms. The van der Waals surface area contributed by atoms with Gasteiger partial charge >= 0.3 is 0 Å². The van der Waals surface area contributed by atoms with Gasteiger partial charge in [0.1, 0.15) is 12.4 Å². The Labute approximate surface area is 174 Å². The van der Waals surface area contributed by atoms with Crippen molar-refractivity contribution in [3.8, 4) is 5.75 Å². The lowest BCUT2D eigenvalue weighted by atomic mass is 10.1. The highest BCUT2D eigenvalue weighted by molar-refractivity contribution is 5.79. The quantitative estimate of drug-likeness (QED) is 0.344. The Bertz CT molecular complexity index is 786. The van der Waals surface area contributed by atoms with Crippen LogP contribution in [0.4, 0.5) is 0 Å². The molecular formula is C22H35N5O2. The minimum absolute atomic E-state index is 0.545. The SMILES string of the molecule is CCOCCOc1cc(C)ccc1CNC(=NC)NCCCn1nc(C)cc1C. The molecule has 7 heteroatoms. The average Bonchev–Trinajstić information content (AvgIpc) is 3.02. The van der Waals surface area contributed by atoms with Crippen molar-refractivity contribution in [2.24, 2.45) is 4.99 Å². The van der Waals surface area contributed by atoms with E-state index < -0.39 is 0 Å². The number of nitrogens with one attached hydrogen (secondary N) is 2. The molecule has 0 fully saturated rings. The van der Waals surface area contributed by atoms with Crippen LogP contribution in [0.25, 0.3) is 0 Å². The summed E-state index contributed by atoms with van der Waals surface area (Å²) >= 11 is 0. The van der Waals surface area contributed by atoms with Crippen molar-refractivity contribution in [1.82, 2.24) is 20.4 Å². The van der Waals surface area contributed by atoms with Crippen molar-refractivity contribution >= 4 is 5.96 Å². The van der Waals surface area contributed by atoms with Gasteiger partial charge in [0.15, 0.2) is 5.96 Å². The molecule has 0 aliphatic heterocycles. The third-order valence-corrected chi connectivity index (χ3v) is 4.52. The van der Waals surface area contributed by atoms with Crippen LogP contribution < -0.4 is 15.4 Å². The molecule has 0 aliphatic rings. The molecule has 1 heterocycles. The van der Waals surface area contributed by atoms with Crippen LogP contribution in [0.1, 0.15) is 35.9 Å². The van der Waals surface area contributed by atoms with Gasteiger partial charge in [0.2, 0.25) is 0 Å². The predicted molar refractivity (Wildman–Crippen MR) is 118 cm³/mol. The van der Waals surface area contributed by atoms with Crippen LogP contribution >= 0.6 is 0 Å². The monoisotopic (exact) mass is 401 g/mol. The van der Waals surface area contributed by atoms with Crippen molar-refractivity contribution in [2.75, 3.05) is 33.4 Å². The minimum Gasteiger partial charge on any atom is -0.491 e. The maximum atomic E-state index is 5.91. The fraction of sp³-hybridized carbons (Fsp3) is 0.545. The van der Waals surface area contributed by atoms with Gasteiger partial charge in [0.05, 0.1) is 12.3 Å². The normalized spacial score (nSPS) is 11.6. The van der Waals surface area contributed by atoms with E-state index in [0.717, 1.165) is 42.5 Å². The van der Waals surface area contributed by atoms with E-state index in [4.69, 9.17) is 9.47 Å². The highest BCUT2D eigenvalue weighted by Gasteiger charge is 2.06. The second-order valence-electron chi connectivity index (χ2n) is 7.01. The number of guanidine groups is 1. The van der Waals surface area contributed by atoms with Gasteiger partial charge in [-0.05, 0) is 51.8 Å². The van der Waals surface area contributed by atoms with Gasteiger partial charge < -0.3 is 20.1 Å². The third kappa shape index (κ3) is 7.77. The van der Waals surface area contributed by atoms with Crippen LogP contribution in [0.5, 0.6) is 5.75 Å². The molecule has 0 aliphatic carbocycles. The fourth-order valence-electron chi connectivity index (χ4n) is 3.03. The Morgan fingerprint density at radius 1 is 1.14 bits per heavy atom. The first-order chi connectivity index (χ1) is 14.0. The second-order valence-corrected chi connectivity index (χ2v) is 7.01. The maximum Gasteiger partial charge on any atom is 0.191 e. The number of aryl methyl sites for hydroxylation is 4.